The second-order valence-electron chi connectivity index (χ2n) is 8.81. The molecule has 1 aliphatic rings. The molecule has 4 rings (SSSR count). The summed E-state index contributed by atoms with van der Waals surface area (Å²) in [5.74, 6) is -1.77. The zero-order valence-corrected chi connectivity index (χ0v) is 18.8. The highest BCUT2D eigenvalue weighted by Crippen LogP contribution is 2.33. The first-order valence-electron chi connectivity index (χ1n) is 11.0. The van der Waals surface area contributed by atoms with Crippen molar-refractivity contribution in [1.29, 1.82) is 0 Å². The molecule has 0 saturated carbocycles. The highest BCUT2D eigenvalue weighted by Gasteiger charge is 2.33. The Kier molecular flexibility index (Phi) is 6.41. The number of aryl methyl sites for hydroxylation is 1. The number of hydrogen-bond acceptors (Lipinski definition) is 6. The van der Waals surface area contributed by atoms with Crippen LogP contribution in [-0.4, -0.2) is 55.1 Å². The Labute approximate surface area is 198 Å². The van der Waals surface area contributed by atoms with Gasteiger partial charge in [0.1, 0.15) is 17.0 Å². The van der Waals surface area contributed by atoms with Gasteiger partial charge < -0.3 is 24.8 Å². The number of aromatic nitrogens is 3. The van der Waals surface area contributed by atoms with Gasteiger partial charge in [-0.3, -0.25) is 9.59 Å². The summed E-state index contributed by atoms with van der Waals surface area (Å²) in [4.78, 5) is 33.6. The Hall–Kier alpha value is -3.67. The van der Waals surface area contributed by atoms with Crippen LogP contribution >= 0.6 is 0 Å². The van der Waals surface area contributed by atoms with E-state index in [1.807, 2.05) is 4.90 Å². The first-order chi connectivity index (χ1) is 16.4. The number of aliphatic carboxylic acids is 1. The Morgan fingerprint density at radius 1 is 1.17 bits per heavy atom. The molecule has 186 valence electrons. The van der Waals surface area contributed by atoms with Crippen LogP contribution in [-0.2, 0) is 17.4 Å². The molecule has 0 atom stereocenters. The monoisotopic (exact) mass is 491 g/mol. The maximum atomic E-state index is 13.0. The molecule has 1 aliphatic heterocycles. The molecule has 1 saturated heterocycles. The minimum absolute atomic E-state index is 0.0945. The van der Waals surface area contributed by atoms with E-state index < -0.39 is 29.3 Å². The number of carboxylic acid groups (broad SMARTS) is 1. The van der Waals surface area contributed by atoms with Gasteiger partial charge in [0.15, 0.2) is 0 Å². The Morgan fingerprint density at radius 2 is 1.89 bits per heavy atom. The molecule has 0 aliphatic carbocycles. The molecule has 3 aromatic heterocycles. The van der Waals surface area contributed by atoms with Crippen LogP contribution in [0.15, 0.2) is 36.7 Å². The molecule has 1 fully saturated rings. The van der Waals surface area contributed by atoms with Gasteiger partial charge in [0.25, 0.3) is 5.91 Å². The van der Waals surface area contributed by atoms with Crippen LogP contribution in [0.2, 0.25) is 0 Å². The van der Waals surface area contributed by atoms with Gasteiger partial charge in [-0.25, -0.2) is 9.97 Å². The fraction of sp³-hybridized carbons (Fsp3) is 0.391. The molecule has 0 spiro atoms. The van der Waals surface area contributed by atoms with E-state index in [1.54, 1.807) is 29.8 Å². The second-order valence-corrected chi connectivity index (χ2v) is 8.81. The van der Waals surface area contributed by atoms with E-state index in [9.17, 15) is 27.9 Å². The summed E-state index contributed by atoms with van der Waals surface area (Å²) in [7, 11) is 0. The number of hydrogen-bond donors (Lipinski definition) is 3. The lowest BCUT2D eigenvalue weighted by atomic mass is 9.93. The lowest BCUT2D eigenvalue weighted by molar-refractivity contribution is -0.141. The predicted molar refractivity (Wildman–Crippen MR) is 120 cm³/mol. The van der Waals surface area contributed by atoms with Gasteiger partial charge in [-0.1, -0.05) is 6.07 Å². The van der Waals surface area contributed by atoms with Crippen LogP contribution in [0.5, 0.6) is 0 Å². The quantitative estimate of drug-likeness (QED) is 0.484. The van der Waals surface area contributed by atoms with Crippen molar-refractivity contribution in [2.75, 3.05) is 23.3 Å². The molecular weight excluding hydrogens is 467 g/mol. The van der Waals surface area contributed by atoms with Gasteiger partial charge in [-0.2, -0.15) is 13.2 Å². The van der Waals surface area contributed by atoms with Crippen molar-refractivity contribution in [2.45, 2.75) is 44.4 Å². The average molecular weight is 491 g/mol. The number of nitrogens with one attached hydrogen (secondary N) is 1. The molecule has 35 heavy (non-hydrogen) atoms. The summed E-state index contributed by atoms with van der Waals surface area (Å²) in [5.41, 5.74) is -0.398. The molecule has 3 aromatic rings. The summed E-state index contributed by atoms with van der Waals surface area (Å²) in [5, 5.41) is 21.9. The van der Waals surface area contributed by atoms with Crippen LogP contribution in [0.1, 0.15) is 48.1 Å². The molecule has 0 aromatic carbocycles. The number of carbonyl (C=O) groups excluding carboxylic acids is 1. The van der Waals surface area contributed by atoms with Crippen molar-refractivity contribution in [3.05, 3.63) is 53.7 Å². The molecule has 0 bridgehead atoms. The van der Waals surface area contributed by atoms with Crippen LogP contribution in [0, 0.1) is 0 Å². The van der Waals surface area contributed by atoms with Crippen molar-refractivity contribution >= 4 is 28.9 Å². The summed E-state index contributed by atoms with van der Waals surface area (Å²) < 4.78 is 40.8. The SMILES string of the molecule is CC1(O)CCN(c2cc3nc(CCC(=O)O)cn3cc2NC(=O)c2cccc(C(F)(F)F)n2)CC1. The highest BCUT2D eigenvalue weighted by atomic mass is 19.4. The van der Waals surface area contributed by atoms with Crippen molar-refractivity contribution in [3.8, 4) is 0 Å². The van der Waals surface area contributed by atoms with Gasteiger partial charge in [0, 0.05) is 38.0 Å². The summed E-state index contributed by atoms with van der Waals surface area (Å²) >= 11 is 0. The van der Waals surface area contributed by atoms with Crippen molar-refractivity contribution in [3.63, 3.8) is 0 Å². The average Bonchev–Trinajstić information content (AvgIpc) is 3.18. The summed E-state index contributed by atoms with van der Waals surface area (Å²) in [6.45, 7) is 2.72. The van der Waals surface area contributed by atoms with E-state index in [2.05, 4.69) is 15.3 Å². The normalized spacial score (nSPS) is 15.9. The van der Waals surface area contributed by atoms with E-state index in [0.29, 0.717) is 48.6 Å². The van der Waals surface area contributed by atoms with E-state index in [1.165, 1.54) is 6.07 Å². The Bertz CT molecular complexity index is 1260. The second kappa shape index (κ2) is 9.17. The fourth-order valence-corrected chi connectivity index (χ4v) is 3.92. The van der Waals surface area contributed by atoms with Crippen LogP contribution in [0.3, 0.4) is 0 Å². The first-order valence-corrected chi connectivity index (χ1v) is 11.0. The maximum absolute atomic E-state index is 13.0. The van der Waals surface area contributed by atoms with Gasteiger partial charge >= 0.3 is 12.1 Å². The van der Waals surface area contributed by atoms with Crippen molar-refractivity contribution in [1.82, 2.24) is 14.4 Å². The molecule has 9 nitrogen and oxygen atoms in total. The zero-order valence-electron chi connectivity index (χ0n) is 18.8. The minimum Gasteiger partial charge on any atom is -0.481 e. The number of alkyl halides is 3. The summed E-state index contributed by atoms with van der Waals surface area (Å²) in [6.07, 6.45) is -0.370. The van der Waals surface area contributed by atoms with Crippen LogP contribution < -0.4 is 10.2 Å². The zero-order chi connectivity index (χ0) is 25.4. The number of carboxylic acids is 1. The third-order valence-electron chi connectivity index (χ3n) is 5.92. The van der Waals surface area contributed by atoms with Crippen LogP contribution in [0.25, 0.3) is 5.65 Å². The van der Waals surface area contributed by atoms with Crippen molar-refractivity contribution < 1.29 is 33.0 Å². The van der Waals surface area contributed by atoms with Gasteiger partial charge in [0.2, 0.25) is 0 Å². The minimum atomic E-state index is -4.69. The number of rotatable bonds is 6. The number of pyridine rings is 2. The summed E-state index contributed by atoms with van der Waals surface area (Å²) in [6, 6.07) is 4.83. The number of halogens is 3. The third kappa shape index (κ3) is 5.70. The van der Waals surface area contributed by atoms with Gasteiger partial charge in [0.05, 0.1) is 29.1 Å². The van der Waals surface area contributed by atoms with E-state index in [-0.39, 0.29) is 18.5 Å². The largest absolute Gasteiger partial charge is 0.481 e. The van der Waals surface area contributed by atoms with Crippen LogP contribution in [0.4, 0.5) is 24.5 Å². The third-order valence-corrected chi connectivity index (χ3v) is 5.92. The molecule has 4 heterocycles. The molecule has 0 radical (unpaired) electrons. The molecule has 3 N–H and O–H groups in total. The molecular formula is C23H24F3N5O4. The number of imidazole rings is 1. The fourth-order valence-electron chi connectivity index (χ4n) is 3.92. The van der Waals surface area contributed by atoms with Crippen molar-refractivity contribution in [2.24, 2.45) is 0 Å². The van der Waals surface area contributed by atoms with Gasteiger partial charge in [-0.15, -0.1) is 0 Å². The maximum Gasteiger partial charge on any atom is 0.433 e. The number of fused-ring (bicyclic) bond motifs is 1. The number of nitrogens with zero attached hydrogens (tertiary/aromatic N) is 4. The molecule has 0 unspecified atom stereocenters. The number of carbonyl (C=O) groups is 2. The number of piperidine rings is 1. The number of anilines is 2. The lowest BCUT2D eigenvalue weighted by Gasteiger charge is -2.37. The Morgan fingerprint density at radius 3 is 2.54 bits per heavy atom. The lowest BCUT2D eigenvalue weighted by Crippen LogP contribution is -2.42. The standard InChI is InChI=1S/C23H24F3N5O4/c1-22(35)7-9-30(10-8-22)17-11-19-27-14(5-6-20(32)33)12-31(19)13-16(17)29-21(34)15-3-2-4-18(28-15)23(24,25)26/h2-4,11-13,35H,5-10H2,1H3,(H,29,34)(H,32,33). The van der Waals surface area contributed by atoms with E-state index >= 15 is 0 Å². The molecule has 12 heteroatoms. The molecule has 1 amide bonds. The topological polar surface area (TPSA) is 120 Å². The Balaban J connectivity index is 1.68. The number of aliphatic hydroxyl groups is 1. The smallest absolute Gasteiger partial charge is 0.433 e. The predicted octanol–water partition coefficient (Wildman–Crippen LogP) is 3.37. The van der Waals surface area contributed by atoms with Gasteiger partial charge in [-0.05, 0) is 31.9 Å². The van der Waals surface area contributed by atoms with E-state index in [0.717, 1.165) is 12.1 Å². The first kappa shape index (κ1) is 24.5. The number of amides is 1. The highest BCUT2D eigenvalue weighted by molar-refractivity contribution is 6.04. The van der Waals surface area contributed by atoms with E-state index in [4.69, 9.17) is 5.11 Å².